The Labute approximate surface area is 160 Å². The molecule has 0 atom stereocenters. The van der Waals surface area contributed by atoms with Crippen LogP contribution in [0.5, 0.6) is 0 Å². The Balaban J connectivity index is 1.26. The minimum Gasteiger partial charge on any atom is -0.313 e. The Hall–Kier alpha value is -2.46. The number of hydrogen-bond acceptors (Lipinski definition) is 3. The van der Waals surface area contributed by atoms with Gasteiger partial charge in [-0.2, -0.15) is 0 Å². The normalized spacial score (nSPS) is 15.1. The summed E-state index contributed by atoms with van der Waals surface area (Å²) in [7, 11) is 0. The first-order valence-electron chi connectivity index (χ1n) is 9.96. The lowest BCUT2D eigenvalue weighted by Crippen LogP contribution is -2.32. The molecule has 2 aliphatic rings. The van der Waals surface area contributed by atoms with Crippen LogP contribution in [0.4, 0.5) is 5.69 Å². The zero-order valence-electron chi connectivity index (χ0n) is 15.7. The predicted molar refractivity (Wildman–Crippen MR) is 107 cm³/mol. The molecule has 0 bridgehead atoms. The predicted octanol–water partition coefficient (Wildman–Crippen LogP) is 3.66. The van der Waals surface area contributed by atoms with E-state index in [1.54, 1.807) is 0 Å². The molecule has 27 heavy (non-hydrogen) atoms. The van der Waals surface area contributed by atoms with Crippen molar-refractivity contribution in [3.8, 4) is 0 Å². The SMILES string of the molecule is O=C(CCCCNCc1ccccc1)c1cc2c3c(c1)CCN3C(=O)CC2. The van der Waals surface area contributed by atoms with Crippen molar-refractivity contribution < 1.29 is 9.59 Å². The molecule has 2 aromatic rings. The van der Waals surface area contributed by atoms with Gasteiger partial charge in [0.2, 0.25) is 5.91 Å². The fourth-order valence-corrected chi connectivity index (χ4v) is 4.13. The largest absolute Gasteiger partial charge is 0.313 e. The van der Waals surface area contributed by atoms with Crippen LogP contribution in [-0.2, 0) is 24.2 Å². The summed E-state index contributed by atoms with van der Waals surface area (Å²) in [5, 5.41) is 3.44. The van der Waals surface area contributed by atoms with Crippen molar-refractivity contribution in [3.63, 3.8) is 0 Å². The fraction of sp³-hybridized carbons (Fsp3) is 0.391. The van der Waals surface area contributed by atoms with E-state index in [1.807, 2.05) is 23.1 Å². The van der Waals surface area contributed by atoms with Gasteiger partial charge >= 0.3 is 0 Å². The summed E-state index contributed by atoms with van der Waals surface area (Å²) in [5.41, 5.74) is 5.56. The average molecular weight is 362 g/mol. The van der Waals surface area contributed by atoms with Crippen LogP contribution >= 0.6 is 0 Å². The number of aryl methyl sites for hydroxylation is 1. The molecule has 2 aromatic carbocycles. The first-order chi connectivity index (χ1) is 13.2. The van der Waals surface area contributed by atoms with Gasteiger partial charge in [-0.3, -0.25) is 9.59 Å². The molecule has 140 valence electrons. The zero-order chi connectivity index (χ0) is 18.6. The molecule has 0 fully saturated rings. The van der Waals surface area contributed by atoms with Crippen molar-refractivity contribution in [2.24, 2.45) is 0 Å². The number of unbranched alkanes of at least 4 members (excludes halogenated alkanes) is 1. The van der Waals surface area contributed by atoms with Crippen LogP contribution in [0.15, 0.2) is 42.5 Å². The van der Waals surface area contributed by atoms with Gasteiger partial charge in [0.05, 0.1) is 5.69 Å². The zero-order valence-corrected chi connectivity index (χ0v) is 15.7. The molecular weight excluding hydrogens is 336 g/mol. The maximum absolute atomic E-state index is 12.6. The average Bonchev–Trinajstić information content (AvgIpc) is 3.13. The first kappa shape index (κ1) is 17.9. The van der Waals surface area contributed by atoms with E-state index in [0.29, 0.717) is 12.8 Å². The molecule has 1 amide bonds. The van der Waals surface area contributed by atoms with Gasteiger partial charge in [0.25, 0.3) is 0 Å². The molecule has 4 heteroatoms. The van der Waals surface area contributed by atoms with E-state index in [1.165, 1.54) is 16.7 Å². The number of carbonyl (C=O) groups excluding carboxylic acids is 2. The maximum Gasteiger partial charge on any atom is 0.227 e. The third-order valence-corrected chi connectivity index (χ3v) is 5.55. The van der Waals surface area contributed by atoms with Crippen molar-refractivity contribution in [2.45, 2.75) is 45.1 Å². The lowest BCUT2D eigenvalue weighted by atomic mass is 9.94. The molecule has 0 radical (unpaired) electrons. The number of anilines is 1. The van der Waals surface area contributed by atoms with Crippen LogP contribution in [-0.4, -0.2) is 24.8 Å². The fourth-order valence-electron chi connectivity index (χ4n) is 4.13. The molecule has 0 spiro atoms. The van der Waals surface area contributed by atoms with E-state index >= 15 is 0 Å². The highest BCUT2D eigenvalue weighted by molar-refractivity contribution is 6.02. The van der Waals surface area contributed by atoms with Crippen molar-refractivity contribution in [2.75, 3.05) is 18.0 Å². The third kappa shape index (κ3) is 3.96. The number of benzene rings is 2. The quantitative estimate of drug-likeness (QED) is 0.576. The van der Waals surface area contributed by atoms with Crippen LogP contribution in [0, 0.1) is 0 Å². The molecule has 4 rings (SSSR count). The van der Waals surface area contributed by atoms with Crippen LogP contribution in [0.1, 0.15) is 52.7 Å². The van der Waals surface area contributed by atoms with Crippen LogP contribution in [0.25, 0.3) is 0 Å². The molecule has 2 heterocycles. The number of amides is 1. The van der Waals surface area contributed by atoms with E-state index in [-0.39, 0.29) is 11.7 Å². The Bertz CT molecular complexity index is 845. The number of rotatable bonds is 8. The van der Waals surface area contributed by atoms with Gasteiger partial charge in [-0.25, -0.2) is 0 Å². The first-order valence-corrected chi connectivity index (χ1v) is 9.96. The van der Waals surface area contributed by atoms with Gasteiger partial charge < -0.3 is 10.2 Å². The molecular formula is C23H26N2O2. The van der Waals surface area contributed by atoms with Crippen molar-refractivity contribution >= 4 is 17.4 Å². The van der Waals surface area contributed by atoms with Crippen molar-refractivity contribution in [3.05, 3.63) is 64.7 Å². The summed E-state index contributed by atoms with van der Waals surface area (Å²) >= 11 is 0. The van der Waals surface area contributed by atoms with E-state index in [4.69, 9.17) is 0 Å². The highest BCUT2D eigenvalue weighted by Gasteiger charge is 2.31. The highest BCUT2D eigenvalue weighted by atomic mass is 16.2. The van der Waals surface area contributed by atoms with Crippen molar-refractivity contribution in [1.82, 2.24) is 5.32 Å². The maximum atomic E-state index is 12.6. The van der Waals surface area contributed by atoms with Crippen LogP contribution in [0.3, 0.4) is 0 Å². The summed E-state index contributed by atoms with van der Waals surface area (Å²) in [6, 6.07) is 14.4. The molecule has 2 aliphatic heterocycles. The standard InChI is InChI=1S/C23H26N2O2/c26-21(8-4-5-12-24-16-17-6-2-1-3-7-17)20-14-18-9-10-22(27)25-13-11-19(15-20)23(18)25/h1-3,6-7,14-15,24H,4-5,8-13,16H2. The van der Waals surface area contributed by atoms with Crippen molar-refractivity contribution in [1.29, 1.82) is 0 Å². The number of nitrogens with zero attached hydrogens (tertiary/aromatic N) is 1. The summed E-state index contributed by atoms with van der Waals surface area (Å²) < 4.78 is 0. The molecule has 0 unspecified atom stereocenters. The lowest BCUT2D eigenvalue weighted by Gasteiger charge is -2.25. The van der Waals surface area contributed by atoms with Crippen LogP contribution in [0.2, 0.25) is 0 Å². The van der Waals surface area contributed by atoms with E-state index in [9.17, 15) is 9.59 Å². The second kappa shape index (κ2) is 8.05. The Morgan fingerprint density at radius 2 is 1.78 bits per heavy atom. The molecule has 1 N–H and O–H groups in total. The van der Waals surface area contributed by atoms with Gasteiger partial charge in [0.15, 0.2) is 5.78 Å². The molecule has 0 saturated heterocycles. The number of carbonyl (C=O) groups is 2. The minimum atomic E-state index is 0.225. The second-order valence-electron chi connectivity index (χ2n) is 7.48. The monoisotopic (exact) mass is 362 g/mol. The molecule has 0 saturated carbocycles. The molecule has 0 aromatic heterocycles. The van der Waals surface area contributed by atoms with Gasteiger partial charge in [0.1, 0.15) is 0 Å². The van der Waals surface area contributed by atoms with Gasteiger partial charge in [-0.15, -0.1) is 0 Å². The molecule has 4 nitrogen and oxygen atoms in total. The van der Waals surface area contributed by atoms with Gasteiger partial charge in [-0.05, 0) is 61.1 Å². The topological polar surface area (TPSA) is 49.4 Å². The second-order valence-corrected chi connectivity index (χ2v) is 7.48. The van der Waals surface area contributed by atoms with E-state index < -0.39 is 0 Å². The van der Waals surface area contributed by atoms with Crippen LogP contribution < -0.4 is 10.2 Å². The number of hydrogen-bond donors (Lipinski definition) is 1. The summed E-state index contributed by atoms with van der Waals surface area (Å²) in [6.07, 6.45) is 4.70. The lowest BCUT2D eigenvalue weighted by molar-refractivity contribution is -0.118. The third-order valence-electron chi connectivity index (χ3n) is 5.55. The van der Waals surface area contributed by atoms with Gasteiger partial charge in [-0.1, -0.05) is 30.3 Å². The Kier molecular flexibility index (Phi) is 5.35. The summed E-state index contributed by atoms with van der Waals surface area (Å²) in [5.74, 6) is 0.454. The summed E-state index contributed by atoms with van der Waals surface area (Å²) in [4.78, 5) is 26.5. The Morgan fingerprint density at radius 1 is 1.00 bits per heavy atom. The molecule has 0 aliphatic carbocycles. The summed E-state index contributed by atoms with van der Waals surface area (Å²) in [6.45, 7) is 2.57. The smallest absolute Gasteiger partial charge is 0.227 e. The van der Waals surface area contributed by atoms with E-state index in [0.717, 1.165) is 56.6 Å². The number of Topliss-reactive ketones (excluding diaryl/α,β-unsaturated/α-hetero) is 1. The highest BCUT2D eigenvalue weighted by Crippen LogP contribution is 2.37. The van der Waals surface area contributed by atoms with E-state index in [2.05, 4.69) is 29.6 Å². The number of nitrogens with one attached hydrogen (secondary N) is 1. The number of ketones is 1. The minimum absolute atomic E-state index is 0.225. The Morgan fingerprint density at radius 3 is 2.59 bits per heavy atom. The van der Waals surface area contributed by atoms with Gasteiger partial charge in [0, 0.05) is 31.5 Å².